The van der Waals surface area contributed by atoms with E-state index in [4.69, 9.17) is 8.92 Å². The van der Waals surface area contributed by atoms with Crippen LogP contribution in [0, 0.1) is 16.0 Å². The van der Waals surface area contributed by atoms with E-state index in [2.05, 4.69) is 0 Å². The first-order valence-electron chi connectivity index (χ1n) is 10.3. The minimum absolute atomic E-state index is 0.0254. The molecule has 0 radical (unpaired) electrons. The van der Waals surface area contributed by atoms with Gasteiger partial charge in [0.2, 0.25) is 5.91 Å². The van der Waals surface area contributed by atoms with Crippen molar-refractivity contribution in [1.29, 1.82) is 0 Å². The lowest BCUT2D eigenvalue weighted by atomic mass is 10.1. The molecule has 33 heavy (non-hydrogen) atoms. The molecule has 9 nitrogen and oxygen atoms in total. The molecule has 0 aliphatic carbocycles. The Bertz CT molecular complexity index is 1110. The van der Waals surface area contributed by atoms with E-state index in [1.807, 2.05) is 13.8 Å². The van der Waals surface area contributed by atoms with Crippen LogP contribution in [0.3, 0.4) is 0 Å². The number of ether oxygens (including phenoxy) is 1. The van der Waals surface area contributed by atoms with Gasteiger partial charge in [0.15, 0.2) is 11.5 Å². The molecular weight excluding hydrogens is 448 g/mol. The Hall–Kier alpha value is -3.40. The molecule has 0 bridgehead atoms. The van der Waals surface area contributed by atoms with Crippen molar-refractivity contribution in [3.63, 3.8) is 0 Å². The van der Waals surface area contributed by atoms with Crippen LogP contribution in [-0.4, -0.2) is 43.6 Å². The predicted molar refractivity (Wildman–Crippen MR) is 125 cm³/mol. The highest BCUT2D eigenvalue weighted by Gasteiger charge is 2.18. The van der Waals surface area contributed by atoms with Gasteiger partial charge in [-0.15, -0.1) is 0 Å². The zero-order valence-corrected chi connectivity index (χ0v) is 19.9. The molecule has 0 unspecified atom stereocenters. The van der Waals surface area contributed by atoms with Gasteiger partial charge in [0.05, 0.1) is 17.8 Å². The van der Waals surface area contributed by atoms with Crippen molar-refractivity contribution in [2.75, 3.05) is 19.4 Å². The van der Waals surface area contributed by atoms with Crippen molar-refractivity contribution in [3.05, 3.63) is 69.8 Å². The quantitative estimate of drug-likeness (QED) is 0.208. The van der Waals surface area contributed by atoms with Crippen molar-refractivity contribution < 1.29 is 27.1 Å². The number of methoxy groups -OCH3 is 1. The maximum absolute atomic E-state index is 12.9. The maximum Gasteiger partial charge on any atom is 0.309 e. The molecule has 0 N–H and O–H groups in total. The first kappa shape index (κ1) is 25.9. The second kappa shape index (κ2) is 11.5. The van der Waals surface area contributed by atoms with E-state index in [9.17, 15) is 23.3 Å². The first-order valence-corrected chi connectivity index (χ1v) is 11.9. The summed E-state index contributed by atoms with van der Waals surface area (Å²) in [6.07, 6.45) is 3.00. The minimum atomic E-state index is -3.75. The Morgan fingerprint density at radius 2 is 1.82 bits per heavy atom. The lowest BCUT2D eigenvalue weighted by Gasteiger charge is -2.24. The summed E-state index contributed by atoms with van der Waals surface area (Å²) in [6, 6.07) is 10.8. The number of hydrogen-bond acceptors (Lipinski definition) is 7. The number of rotatable bonds is 11. The van der Waals surface area contributed by atoms with Crippen LogP contribution in [0.1, 0.15) is 31.9 Å². The van der Waals surface area contributed by atoms with Gasteiger partial charge in [0.25, 0.3) is 5.69 Å². The highest BCUT2D eigenvalue weighted by atomic mass is 32.2. The zero-order chi connectivity index (χ0) is 24.6. The molecule has 0 saturated heterocycles. The Kier molecular flexibility index (Phi) is 8.98. The van der Waals surface area contributed by atoms with Crippen LogP contribution >= 0.6 is 0 Å². The minimum Gasteiger partial charge on any atom is -0.493 e. The van der Waals surface area contributed by atoms with Gasteiger partial charge in [-0.1, -0.05) is 19.9 Å². The number of nitrogens with zero attached hydrogens (tertiary/aromatic N) is 2. The van der Waals surface area contributed by atoms with Crippen LogP contribution in [0.2, 0.25) is 0 Å². The third-order valence-corrected chi connectivity index (χ3v) is 5.73. The fourth-order valence-corrected chi connectivity index (χ4v) is 3.48. The zero-order valence-electron chi connectivity index (χ0n) is 19.1. The van der Waals surface area contributed by atoms with Crippen molar-refractivity contribution in [2.24, 2.45) is 5.92 Å². The number of hydrogen-bond donors (Lipinski definition) is 0. The fraction of sp³-hybridized carbons (Fsp3) is 0.348. The van der Waals surface area contributed by atoms with Crippen molar-refractivity contribution in [3.8, 4) is 11.5 Å². The average Bonchev–Trinajstić information content (AvgIpc) is 2.77. The molecule has 0 aromatic heterocycles. The van der Waals surface area contributed by atoms with Crippen LogP contribution < -0.4 is 8.92 Å². The third-order valence-electron chi connectivity index (χ3n) is 4.59. The number of carbonyl (C=O) groups is 1. The molecule has 2 aromatic carbocycles. The van der Waals surface area contributed by atoms with E-state index in [1.165, 1.54) is 32.2 Å². The van der Waals surface area contributed by atoms with Crippen LogP contribution in [-0.2, 0) is 21.5 Å². The summed E-state index contributed by atoms with van der Waals surface area (Å²) in [4.78, 5) is 24.8. The lowest BCUT2D eigenvalue weighted by molar-refractivity contribution is -0.384. The summed E-state index contributed by atoms with van der Waals surface area (Å²) in [5.74, 6) is 0.0923. The smallest absolute Gasteiger partial charge is 0.309 e. The molecule has 0 fully saturated rings. The van der Waals surface area contributed by atoms with Crippen LogP contribution in [0.25, 0.3) is 6.08 Å². The SMILES string of the molecule is CCS(=O)(=O)Oc1cc(CN(CC(C)C)C(=O)C=Cc2ccc([N+](=O)[O-])cc2)ccc1OC. The van der Waals surface area contributed by atoms with Gasteiger partial charge < -0.3 is 13.8 Å². The number of carbonyl (C=O) groups excluding carboxylic acids is 1. The molecule has 2 aromatic rings. The van der Waals surface area contributed by atoms with E-state index in [0.717, 1.165) is 0 Å². The standard InChI is InChI=1S/C23H28N2O7S/c1-5-33(29,30)32-22-14-19(8-12-21(22)31-4)16-24(15-17(2)3)23(26)13-9-18-6-10-20(11-7-18)25(27)28/h6-14,17H,5,15-16H2,1-4H3. The second-order valence-electron chi connectivity index (χ2n) is 7.71. The van der Waals surface area contributed by atoms with Gasteiger partial charge in [-0.2, -0.15) is 8.42 Å². The fourth-order valence-electron chi connectivity index (χ4n) is 2.95. The largest absolute Gasteiger partial charge is 0.493 e. The number of nitro groups is 1. The third kappa shape index (κ3) is 7.90. The van der Waals surface area contributed by atoms with Crippen LogP contribution in [0.5, 0.6) is 11.5 Å². The highest BCUT2D eigenvalue weighted by Crippen LogP contribution is 2.30. The summed E-state index contributed by atoms with van der Waals surface area (Å²) < 4.78 is 34.2. The van der Waals surface area contributed by atoms with Crippen molar-refractivity contribution >= 4 is 27.8 Å². The van der Waals surface area contributed by atoms with Crippen molar-refractivity contribution in [2.45, 2.75) is 27.3 Å². The number of nitro benzene ring substituents is 1. The van der Waals surface area contributed by atoms with Crippen LogP contribution in [0.15, 0.2) is 48.5 Å². The summed E-state index contributed by atoms with van der Waals surface area (Å²) in [5, 5.41) is 10.8. The second-order valence-corrected chi connectivity index (χ2v) is 9.57. The number of non-ortho nitro benzene ring substituents is 1. The lowest BCUT2D eigenvalue weighted by Crippen LogP contribution is -2.32. The molecular formula is C23H28N2O7S. The van der Waals surface area contributed by atoms with E-state index in [1.54, 1.807) is 41.3 Å². The van der Waals surface area contributed by atoms with Gasteiger partial charge in [0.1, 0.15) is 0 Å². The Morgan fingerprint density at radius 1 is 1.15 bits per heavy atom. The monoisotopic (exact) mass is 476 g/mol. The molecule has 1 amide bonds. The topological polar surface area (TPSA) is 116 Å². The molecule has 0 saturated carbocycles. The molecule has 0 aliphatic heterocycles. The molecule has 2 rings (SSSR count). The van der Waals surface area contributed by atoms with E-state index < -0.39 is 15.0 Å². The van der Waals surface area contributed by atoms with E-state index >= 15 is 0 Å². The highest BCUT2D eigenvalue weighted by molar-refractivity contribution is 7.87. The van der Waals surface area contributed by atoms with Gasteiger partial charge in [-0.25, -0.2) is 0 Å². The van der Waals surface area contributed by atoms with Gasteiger partial charge in [-0.05, 0) is 54.3 Å². The van der Waals surface area contributed by atoms with E-state index in [-0.39, 0.29) is 41.3 Å². The summed E-state index contributed by atoms with van der Waals surface area (Å²) >= 11 is 0. The molecule has 178 valence electrons. The Balaban J connectivity index is 2.24. The molecule has 0 atom stereocenters. The molecule has 0 spiro atoms. The van der Waals surface area contributed by atoms with E-state index in [0.29, 0.717) is 17.7 Å². The normalized spacial score (nSPS) is 11.5. The number of benzene rings is 2. The summed E-state index contributed by atoms with van der Waals surface area (Å²) in [6.45, 7) is 6.15. The number of amides is 1. The van der Waals surface area contributed by atoms with Crippen LogP contribution in [0.4, 0.5) is 5.69 Å². The average molecular weight is 477 g/mol. The molecule has 0 aliphatic rings. The molecule has 10 heteroatoms. The first-order chi connectivity index (χ1) is 15.5. The van der Waals surface area contributed by atoms with Gasteiger partial charge >= 0.3 is 10.1 Å². The van der Waals surface area contributed by atoms with Gasteiger partial charge in [-0.3, -0.25) is 14.9 Å². The van der Waals surface area contributed by atoms with Gasteiger partial charge in [0, 0.05) is 31.3 Å². The molecule has 0 heterocycles. The van der Waals surface area contributed by atoms with Crippen molar-refractivity contribution in [1.82, 2.24) is 4.90 Å². The summed E-state index contributed by atoms with van der Waals surface area (Å²) in [7, 11) is -2.33. The Labute approximate surface area is 193 Å². The Morgan fingerprint density at radius 3 is 2.36 bits per heavy atom. The summed E-state index contributed by atoms with van der Waals surface area (Å²) in [5.41, 5.74) is 1.31. The predicted octanol–water partition coefficient (Wildman–Crippen LogP) is 4.03. The maximum atomic E-state index is 12.9.